The molecule has 1 N–H and O–H groups in total. The number of nitrogens with one attached hydrogen (secondary N) is 1. The molecule has 2 saturated carbocycles. The Kier molecular flexibility index (Phi) is 8.09. The minimum absolute atomic E-state index is 0.0158. The molecule has 2 aliphatic carbocycles. The Morgan fingerprint density at radius 1 is 1.14 bits per heavy atom. The van der Waals surface area contributed by atoms with E-state index in [1.165, 1.54) is 0 Å². The van der Waals surface area contributed by atoms with Gasteiger partial charge in [0.15, 0.2) is 0 Å². The van der Waals surface area contributed by atoms with Crippen LogP contribution in [0, 0.1) is 28.5 Å². The number of carbonyl (C=O) groups is 2. The molecular weight excluding hydrogens is 739 g/mol. The van der Waals surface area contributed by atoms with Gasteiger partial charge in [-0.2, -0.15) is 0 Å². The van der Waals surface area contributed by atoms with E-state index in [1.54, 1.807) is 0 Å². The first kappa shape index (κ1) is 23.9. The van der Waals surface area contributed by atoms with Crippen molar-refractivity contribution in [3.05, 3.63) is 28.4 Å². The van der Waals surface area contributed by atoms with Gasteiger partial charge in [-0.25, -0.2) is 17.9 Å². The molecule has 11 heteroatoms. The number of fused-ring (bicyclic) bond motifs is 2. The molecule has 0 aromatic heterocycles. The second-order valence-electron chi connectivity index (χ2n) is 7.36. The van der Waals surface area contributed by atoms with E-state index in [4.69, 9.17) is 9.47 Å². The minimum Gasteiger partial charge on any atom is -0.464 e. The summed E-state index contributed by atoms with van der Waals surface area (Å²) in [7, 11) is -3.29. The van der Waals surface area contributed by atoms with E-state index in [2.05, 4.69) is 72.5 Å². The number of hydrogen-bond donors (Lipinski definition) is 1. The first-order chi connectivity index (χ1) is 13.5. The van der Waals surface area contributed by atoms with Crippen LogP contribution in [0.15, 0.2) is 12.1 Å². The molecule has 2 aliphatic rings. The zero-order chi connectivity index (χ0) is 21.3. The van der Waals surface area contributed by atoms with E-state index in [9.17, 15) is 18.0 Å². The van der Waals surface area contributed by atoms with Crippen molar-refractivity contribution in [3.8, 4) is 0 Å². The summed E-state index contributed by atoms with van der Waals surface area (Å²) >= 11 is 6.56. The largest absolute Gasteiger partial charge is 0.464 e. The average molecular weight is 759 g/mol. The van der Waals surface area contributed by atoms with E-state index >= 15 is 0 Å². The van der Waals surface area contributed by atoms with Gasteiger partial charge in [-0.1, -0.05) is 0 Å². The number of rotatable bonds is 7. The molecule has 0 spiro atoms. The van der Waals surface area contributed by atoms with Crippen molar-refractivity contribution in [1.82, 2.24) is 4.72 Å². The third-order valence-corrected chi connectivity index (χ3v) is 9.67. The van der Waals surface area contributed by atoms with Crippen molar-refractivity contribution in [1.29, 1.82) is 0 Å². The fraction of sp³-hybridized carbons (Fsp3) is 0.556. The molecule has 29 heavy (non-hydrogen) atoms. The van der Waals surface area contributed by atoms with Crippen LogP contribution in [-0.2, 0) is 24.3 Å². The summed E-state index contributed by atoms with van der Waals surface area (Å²) in [6.07, 6.45) is 3.04. The Morgan fingerprint density at radius 3 is 2.48 bits per heavy atom. The van der Waals surface area contributed by atoms with Gasteiger partial charge in [0, 0.05) is 17.3 Å². The van der Waals surface area contributed by atoms with E-state index < -0.39 is 10.0 Å². The van der Waals surface area contributed by atoms with Gasteiger partial charge in [-0.05, 0) is 111 Å². The second-order valence-corrected chi connectivity index (χ2v) is 12.7. The summed E-state index contributed by atoms with van der Waals surface area (Å²) in [5, 5.41) is 0. The first-order valence-electron chi connectivity index (χ1n) is 9.02. The van der Waals surface area contributed by atoms with Crippen LogP contribution in [0.3, 0.4) is 0 Å². The van der Waals surface area contributed by atoms with Gasteiger partial charge in [0.05, 0.1) is 17.7 Å². The number of hydrogen-bond acceptors (Lipinski definition) is 6. The molecular formula is C18H20I3NO6S. The maximum atomic E-state index is 12.7. The molecule has 0 radical (unpaired) electrons. The van der Waals surface area contributed by atoms with Crippen molar-refractivity contribution in [3.63, 3.8) is 0 Å². The lowest BCUT2D eigenvalue weighted by molar-refractivity contribution is -0.150. The Labute approximate surface area is 210 Å². The summed E-state index contributed by atoms with van der Waals surface area (Å²) < 4.78 is 38.3. The molecule has 160 valence electrons. The van der Waals surface area contributed by atoms with Gasteiger partial charge in [0.1, 0.15) is 12.7 Å². The topological polar surface area (TPSA) is 98.8 Å². The number of halogens is 3. The van der Waals surface area contributed by atoms with Gasteiger partial charge in [0.25, 0.3) is 0 Å². The Balaban J connectivity index is 1.51. The molecule has 0 amide bonds. The Morgan fingerprint density at radius 2 is 1.86 bits per heavy atom. The fourth-order valence-electron chi connectivity index (χ4n) is 4.05. The zero-order valence-corrected chi connectivity index (χ0v) is 22.8. The summed E-state index contributed by atoms with van der Waals surface area (Å²) in [5.74, 6) is -0.501. The maximum absolute atomic E-state index is 12.7. The highest BCUT2D eigenvalue weighted by atomic mass is 127. The average Bonchev–Trinajstić information content (AvgIpc) is 3.21. The highest BCUT2D eigenvalue weighted by molar-refractivity contribution is 14.1. The van der Waals surface area contributed by atoms with Crippen LogP contribution in [0.1, 0.15) is 29.6 Å². The lowest BCUT2D eigenvalue weighted by Crippen LogP contribution is -2.33. The van der Waals surface area contributed by atoms with E-state index in [1.807, 2.05) is 12.1 Å². The normalized spacial score (nSPS) is 25.8. The molecule has 0 heterocycles. The zero-order valence-electron chi connectivity index (χ0n) is 15.5. The second kappa shape index (κ2) is 9.81. The van der Waals surface area contributed by atoms with Gasteiger partial charge in [-0.3, -0.25) is 4.79 Å². The number of esters is 2. The summed E-state index contributed by atoms with van der Waals surface area (Å²) in [6, 6.07) is 3.85. The molecule has 1 aromatic carbocycles. The van der Waals surface area contributed by atoms with Crippen molar-refractivity contribution in [2.24, 2.45) is 17.8 Å². The molecule has 2 fully saturated rings. The number of carbonyl (C=O) groups excluding carboxylic acids is 2. The van der Waals surface area contributed by atoms with Crippen LogP contribution in [0.5, 0.6) is 0 Å². The third kappa shape index (κ3) is 6.16. The van der Waals surface area contributed by atoms with Crippen molar-refractivity contribution < 1.29 is 27.5 Å². The smallest absolute Gasteiger partial charge is 0.339 e. The molecule has 3 rings (SSSR count). The molecule has 0 aliphatic heterocycles. The first-order valence-corrected chi connectivity index (χ1v) is 14.1. The molecule has 7 nitrogen and oxygen atoms in total. The predicted molar refractivity (Wildman–Crippen MR) is 132 cm³/mol. The lowest BCUT2D eigenvalue weighted by atomic mass is 9.87. The van der Waals surface area contributed by atoms with E-state index in [-0.39, 0.29) is 48.9 Å². The van der Waals surface area contributed by atoms with Crippen molar-refractivity contribution >= 4 is 89.7 Å². The van der Waals surface area contributed by atoms with Crippen LogP contribution in [0.4, 0.5) is 0 Å². The Hall–Kier alpha value is 0.260. The van der Waals surface area contributed by atoms with E-state index in [0.29, 0.717) is 18.4 Å². The van der Waals surface area contributed by atoms with Gasteiger partial charge in [-0.15, -0.1) is 0 Å². The monoisotopic (exact) mass is 759 g/mol. The van der Waals surface area contributed by atoms with Crippen LogP contribution in [-0.4, -0.2) is 45.9 Å². The minimum atomic E-state index is -3.29. The summed E-state index contributed by atoms with van der Waals surface area (Å²) in [6.45, 7) is 0.0842. The van der Waals surface area contributed by atoms with Crippen LogP contribution in [0.25, 0.3) is 0 Å². The molecule has 2 bridgehead atoms. The SMILES string of the molecule is CS(=O)(=O)NCCOC(=O)C1CC2CC1CC2OC(=O)c1cc(I)cc(I)c1I. The number of sulfonamides is 1. The van der Waals surface area contributed by atoms with Gasteiger partial charge >= 0.3 is 11.9 Å². The van der Waals surface area contributed by atoms with Crippen LogP contribution >= 0.6 is 67.8 Å². The van der Waals surface area contributed by atoms with Gasteiger partial charge < -0.3 is 9.47 Å². The van der Waals surface area contributed by atoms with Crippen LogP contribution in [0.2, 0.25) is 0 Å². The standard InChI is InChI=1S/C18H20I3NO6S/c1-29(25,26)22-2-3-27-17(23)12-5-10-4-9(12)6-15(10)28-18(24)13-7-11(19)8-14(20)16(13)21/h7-10,12,15,22H,2-6H2,1H3. The molecule has 4 atom stereocenters. The summed E-state index contributed by atoms with van der Waals surface area (Å²) in [5.41, 5.74) is 0.582. The molecule has 1 aromatic rings. The van der Waals surface area contributed by atoms with Gasteiger partial charge in [0.2, 0.25) is 10.0 Å². The highest BCUT2D eigenvalue weighted by Crippen LogP contribution is 2.50. The van der Waals surface area contributed by atoms with Crippen molar-refractivity contribution in [2.75, 3.05) is 19.4 Å². The quantitative estimate of drug-likeness (QED) is 0.199. The van der Waals surface area contributed by atoms with Crippen LogP contribution < -0.4 is 4.72 Å². The highest BCUT2D eigenvalue weighted by Gasteiger charge is 2.50. The number of ether oxygens (including phenoxy) is 2. The predicted octanol–water partition coefficient (Wildman–Crippen LogP) is 3.16. The Bertz CT molecular complexity index is 922. The lowest BCUT2D eigenvalue weighted by Gasteiger charge is -2.27. The fourth-order valence-corrected chi connectivity index (χ4v) is 6.88. The third-order valence-electron chi connectivity index (χ3n) is 5.28. The summed E-state index contributed by atoms with van der Waals surface area (Å²) in [4.78, 5) is 25.0. The molecule has 0 saturated heterocycles. The number of benzene rings is 1. The molecule has 4 unspecified atom stereocenters. The van der Waals surface area contributed by atoms with Crippen molar-refractivity contribution in [2.45, 2.75) is 25.4 Å². The van der Waals surface area contributed by atoms with E-state index in [0.717, 1.165) is 23.4 Å². The maximum Gasteiger partial charge on any atom is 0.339 e.